The van der Waals surface area contributed by atoms with Crippen molar-refractivity contribution in [2.45, 2.75) is 4.90 Å². The smallest absolute Gasteiger partial charge is 0.339 e. The molecule has 0 unspecified atom stereocenters. The molecule has 1 heterocycles. The average molecular weight is 534 g/mol. The van der Waals surface area contributed by atoms with Gasteiger partial charge in [0.15, 0.2) is 11.5 Å². The van der Waals surface area contributed by atoms with Gasteiger partial charge in [0.2, 0.25) is 5.13 Å². The highest BCUT2D eigenvalue weighted by Crippen LogP contribution is 2.33. The molecule has 0 spiro atoms. The largest absolute Gasteiger partial charge is 0.493 e. The predicted molar refractivity (Wildman–Crippen MR) is 136 cm³/mol. The minimum absolute atomic E-state index is 0.0506. The molecule has 0 fully saturated rings. The quantitative estimate of drug-likeness (QED) is 0.161. The fraction of sp³-hybridized carbons (Fsp3) is 0.0435. The Hall–Kier alpha value is -3.11. The highest BCUT2D eigenvalue weighted by atomic mass is 35.5. The summed E-state index contributed by atoms with van der Waals surface area (Å²) in [5, 5.41) is 7.67. The number of hydrogen-bond acceptors (Lipinski definition) is 8. The maximum Gasteiger partial charge on any atom is 0.339 e. The van der Waals surface area contributed by atoms with Crippen LogP contribution in [0.5, 0.6) is 11.5 Å². The van der Waals surface area contributed by atoms with Crippen LogP contribution in [0.2, 0.25) is 10.0 Å². The number of hydrazone groups is 1. The zero-order chi connectivity index (χ0) is 24.1. The van der Waals surface area contributed by atoms with Gasteiger partial charge in [-0.05, 0) is 54.1 Å². The summed E-state index contributed by atoms with van der Waals surface area (Å²) in [7, 11) is -2.56. The second kappa shape index (κ2) is 10.4. The molecular formula is C23H17Cl2N3O4S2. The first-order valence-corrected chi connectivity index (χ1v) is 12.8. The van der Waals surface area contributed by atoms with E-state index in [1.165, 1.54) is 36.6 Å². The van der Waals surface area contributed by atoms with E-state index < -0.39 is 10.1 Å². The summed E-state index contributed by atoms with van der Waals surface area (Å²) in [6, 6.07) is 17.9. The first kappa shape index (κ1) is 24.0. The summed E-state index contributed by atoms with van der Waals surface area (Å²) < 4.78 is 35.5. The molecule has 1 aromatic heterocycles. The molecule has 0 aliphatic heterocycles. The lowest BCUT2D eigenvalue weighted by molar-refractivity contribution is 0.390. The van der Waals surface area contributed by atoms with E-state index in [1.807, 2.05) is 5.38 Å². The molecule has 0 atom stereocenters. The Balaban J connectivity index is 1.45. The van der Waals surface area contributed by atoms with Crippen molar-refractivity contribution in [1.82, 2.24) is 4.98 Å². The van der Waals surface area contributed by atoms with Crippen LogP contribution in [0.3, 0.4) is 0 Å². The molecule has 0 aliphatic carbocycles. The Morgan fingerprint density at radius 1 is 1.03 bits per heavy atom. The molecule has 1 N–H and O–H groups in total. The molecule has 4 aromatic rings. The number of nitrogens with zero attached hydrogens (tertiary/aromatic N) is 2. The van der Waals surface area contributed by atoms with Gasteiger partial charge >= 0.3 is 10.1 Å². The molecule has 174 valence electrons. The number of halogens is 2. The fourth-order valence-electron chi connectivity index (χ4n) is 2.89. The van der Waals surface area contributed by atoms with E-state index in [2.05, 4.69) is 15.5 Å². The van der Waals surface area contributed by atoms with Gasteiger partial charge < -0.3 is 8.92 Å². The van der Waals surface area contributed by atoms with Crippen LogP contribution in [-0.4, -0.2) is 26.7 Å². The number of benzene rings is 3. The van der Waals surface area contributed by atoms with E-state index in [1.54, 1.807) is 54.7 Å². The Kier molecular flexibility index (Phi) is 7.38. The first-order chi connectivity index (χ1) is 16.4. The predicted octanol–water partition coefficient (Wildman–Crippen LogP) is 6.34. The van der Waals surface area contributed by atoms with Crippen LogP contribution in [0.1, 0.15) is 5.56 Å². The van der Waals surface area contributed by atoms with Gasteiger partial charge in [-0.2, -0.15) is 13.5 Å². The number of anilines is 1. The van der Waals surface area contributed by atoms with Crippen LogP contribution >= 0.6 is 34.5 Å². The Labute approximate surface area is 210 Å². The van der Waals surface area contributed by atoms with Crippen molar-refractivity contribution < 1.29 is 17.3 Å². The molecule has 34 heavy (non-hydrogen) atoms. The SMILES string of the molecule is COc1cc(C=NNc2nc(-c3ccc(Cl)cc3Cl)cs2)ccc1OS(=O)(=O)c1ccccc1. The van der Waals surface area contributed by atoms with Gasteiger partial charge in [-0.1, -0.05) is 41.4 Å². The molecular weight excluding hydrogens is 517 g/mol. The van der Waals surface area contributed by atoms with Crippen LogP contribution in [0.25, 0.3) is 11.3 Å². The maximum absolute atomic E-state index is 12.5. The molecule has 3 aromatic carbocycles. The number of aromatic nitrogens is 1. The summed E-state index contributed by atoms with van der Waals surface area (Å²) in [5.74, 6) is 0.318. The lowest BCUT2D eigenvalue weighted by atomic mass is 10.2. The monoisotopic (exact) mass is 533 g/mol. The van der Waals surface area contributed by atoms with Gasteiger partial charge in [-0.3, -0.25) is 5.43 Å². The van der Waals surface area contributed by atoms with Gasteiger partial charge in [0.25, 0.3) is 0 Å². The van der Waals surface area contributed by atoms with Crippen molar-refractivity contribution in [1.29, 1.82) is 0 Å². The van der Waals surface area contributed by atoms with Crippen molar-refractivity contribution in [3.63, 3.8) is 0 Å². The highest BCUT2D eigenvalue weighted by Gasteiger charge is 2.19. The molecule has 4 rings (SSSR count). The van der Waals surface area contributed by atoms with Gasteiger partial charge in [0.1, 0.15) is 4.90 Å². The van der Waals surface area contributed by atoms with Crippen LogP contribution in [0, 0.1) is 0 Å². The molecule has 0 bridgehead atoms. The molecule has 0 saturated carbocycles. The molecule has 0 saturated heterocycles. The second-order valence-electron chi connectivity index (χ2n) is 6.79. The molecule has 0 aliphatic rings. The number of ether oxygens (including phenoxy) is 1. The van der Waals surface area contributed by atoms with Crippen LogP contribution in [0.4, 0.5) is 5.13 Å². The summed E-state index contributed by atoms with van der Waals surface area (Å²) in [4.78, 5) is 4.52. The number of methoxy groups -OCH3 is 1. The van der Waals surface area contributed by atoms with Crippen LogP contribution in [-0.2, 0) is 10.1 Å². The Morgan fingerprint density at radius 2 is 1.82 bits per heavy atom. The van der Waals surface area contributed by atoms with Crippen molar-refractivity contribution >= 4 is 56.0 Å². The average Bonchev–Trinajstić information content (AvgIpc) is 3.29. The molecule has 7 nitrogen and oxygen atoms in total. The summed E-state index contributed by atoms with van der Waals surface area (Å²) in [6.07, 6.45) is 1.55. The Bertz CT molecular complexity index is 1440. The van der Waals surface area contributed by atoms with Crippen LogP contribution in [0.15, 0.2) is 82.1 Å². The first-order valence-electron chi connectivity index (χ1n) is 9.73. The van der Waals surface area contributed by atoms with Gasteiger partial charge in [-0.15, -0.1) is 11.3 Å². The third kappa shape index (κ3) is 5.68. The third-order valence-electron chi connectivity index (χ3n) is 4.50. The highest BCUT2D eigenvalue weighted by molar-refractivity contribution is 7.87. The number of nitrogens with one attached hydrogen (secondary N) is 1. The van der Waals surface area contributed by atoms with E-state index in [0.717, 1.165) is 5.56 Å². The van der Waals surface area contributed by atoms with Crippen molar-refractivity contribution in [3.05, 3.63) is 87.7 Å². The van der Waals surface area contributed by atoms with E-state index in [0.29, 0.717) is 26.4 Å². The number of hydrogen-bond donors (Lipinski definition) is 1. The zero-order valence-corrected chi connectivity index (χ0v) is 20.8. The minimum Gasteiger partial charge on any atom is -0.493 e. The van der Waals surface area contributed by atoms with Crippen molar-refractivity contribution in [3.8, 4) is 22.8 Å². The topological polar surface area (TPSA) is 89.9 Å². The molecule has 0 amide bonds. The van der Waals surface area contributed by atoms with Gasteiger partial charge in [0.05, 0.1) is 24.0 Å². The van der Waals surface area contributed by atoms with E-state index in [9.17, 15) is 8.42 Å². The van der Waals surface area contributed by atoms with Crippen LogP contribution < -0.4 is 14.3 Å². The Morgan fingerprint density at radius 3 is 2.56 bits per heavy atom. The summed E-state index contributed by atoms with van der Waals surface area (Å²) in [5.41, 5.74) is 4.99. The standard InChI is InChI=1S/C23H17Cl2N3O4S2/c1-31-22-11-15(7-10-21(22)32-34(29,30)17-5-3-2-4-6-17)13-26-28-23-27-20(14-33-23)18-9-8-16(24)12-19(18)25/h2-14H,1H3,(H,27,28). The van der Waals surface area contributed by atoms with E-state index in [4.69, 9.17) is 32.1 Å². The van der Waals surface area contributed by atoms with E-state index >= 15 is 0 Å². The lowest BCUT2D eigenvalue weighted by Crippen LogP contribution is -2.10. The fourth-order valence-corrected chi connectivity index (χ4v) is 5.02. The van der Waals surface area contributed by atoms with E-state index in [-0.39, 0.29) is 16.4 Å². The maximum atomic E-state index is 12.5. The normalized spacial score (nSPS) is 11.5. The van der Waals surface area contributed by atoms with Crippen molar-refractivity contribution in [2.24, 2.45) is 5.10 Å². The molecule has 0 radical (unpaired) electrons. The molecule has 11 heteroatoms. The van der Waals surface area contributed by atoms with Gasteiger partial charge in [0, 0.05) is 16.0 Å². The number of rotatable bonds is 8. The second-order valence-corrected chi connectivity index (χ2v) is 10.0. The van der Waals surface area contributed by atoms with Crippen molar-refractivity contribution in [2.75, 3.05) is 12.5 Å². The lowest BCUT2D eigenvalue weighted by Gasteiger charge is -2.11. The summed E-state index contributed by atoms with van der Waals surface area (Å²) in [6.45, 7) is 0. The van der Waals surface area contributed by atoms with Gasteiger partial charge in [-0.25, -0.2) is 4.98 Å². The third-order valence-corrected chi connectivity index (χ3v) is 7.05. The summed E-state index contributed by atoms with van der Waals surface area (Å²) >= 11 is 13.6. The zero-order valence-electron chi connectivity index (χ0n) is 17.6. The minimum atomic E-state index is -3.99. The number of thiazole rings is 1.